The predicted molar refractivity (Wildman–Crippen MR) is 87.7 cm³/mol. The first-order chi connectivity index (χ1) is 9.77. The molecule has 4 nitrogen and oxygen atoms in total. The first-order valence-corrected chi connectivity index (χ1v) is 9.83. The fourth-order valence-electron chi connectivity index (χ4n) is 1.52. The van der Waals surface area contributed by atoms with E-state index in [0.29, 0.717) is 19.9 Å². The maximum atomic E-state index is 12.0. The average Bonchev–Trinajstić information content (AvgIpc) is 2.84. The fourth-order valence-corrected chi connectivity index (χ4v) is 4.45. The lowest BCUT2D eigenvalue weighted by Gasteiger charge is -2.06. The van der Waals surface area contributed by atoms with Crippen molar-refractivity contribution in [2.24, 2.45) is 0 Å². The second kappa shape index (κ2) is 6.66. The topological polar surface area (TPSA) is 63.2 Å². The summed E-state index contributed by atoms with van der Waals surface area (Å²) >= 11 is 10.1. The Morgan fingerprint density at radius 3 is 2.57 bits per heavy atom. The van der Waals surface area contributed by atoms with Crippen LogP contribution in [0.25, 0.3) is 0 Å². The molecule has 0 spiro atoms. The molecule has 0 aliphatic heterocycles. The molecule has 0 saturated heterocycles. The van der Waals surface area contributed by atoms with Crippen LogP contribution in [0.4, 0.5) is 0 Å². The molecule has 0 aliphatic carbocycles. The molecule has 2 rings (SSSR count). The van der Waals surface area contributed by atoms with Crippen LogP contribution in [0.2, 0.25) is 5.02 Å². The van der Waals surface area contributed by atoms with E-state index >= 15 is 0 Å². The Labute approximate surface area is 143 Å². The number of thiophene rings is 1. The van der Waals surface area contributed by atoms with Crippen molar-refractivity contribution >= 4 is 64.5 Å². The van der Waals surface area contributed by atoms with Gasteiger partial charge >= 0.3 is 0 Å². The lowest BCUT2D eigenvalue weighted by molar-refractivity contribution is 0.0950. The van der Waals surface area contributed by atoms with E-state index in [1.165, 1.54) is 6.07 Å². The van der Waals surface area contributed by atoms with Crippen LogP contribution in [0.15, 0.2) is 39.0 Å². The molecule has 0 bridgehead atoms. The van der Waals surface area contributed by atoms with E-state index in [0.717, 1.165) is 11.3 Å². The van der Waals surface area contributed by atoms with E-state index in [-0.39, 0.29) is 16.7 Å². The average molecular weight is 429 g/mol. The fraction of sp³-hybridized carbons (Fsp3) is 0.0833. The molecule has 1 amide bonds. The Balaban J connectivity index is 2.06. The summed E-state index contributed by atoms with van der Waals surface area (Å²) in [6, 6.07) is 7.86. The highest BCUT2D eigenvalue weighted by atomic mass is 79.9. The highest BCUT2D eigenvalue weighted by molar-refractivity contribution is 9.10. The number of hydrogen-bond donors (Lipinski definition) is 1. The number of hydrogen-bond acceptors (Lipinski definition) is 4. The summed E-state index contributed by atoms with van der Waals surface area (Å²) in [5.41, 5.74) is 0.446. The van der Waals surface area contributed by atoms with Crippen LogP contribution in [-0.4, -0.2) is 14.3 Å². The number of amides is 1. The minimum absolute atomic E-state index is 0.0566. The van der Waals surface area contributed by atoms with Crippen LogP contribution in [0.3, 0.4) is 0 Å². The molecule has 21 heavy (non-hydrogen) atoms. The second-order valence-electron chi connectivity index (χ2n) is 3.97. The number of halogens is 3. The molecule has 0 radical (unpaired) electrons. The summed E-state index contributed by atoms with van der Waals surface area (Å²) < 4.78 is 22.9. The van der Waals surface area contributed by atoms with E-state index in [2.05, 4.69) is 21.2 Å². The van der Waals surface area contributed by atoms with Gasteiger partial charge in [0.15, 0.2) is 0 Å². The largest absolute Gasteiger partial charge is 0.347 e. The summed E-state index contributed by atoms with van der Waals surface area (Å²) in [7, 11) is 1.51. The third-order valence-electron chi connectivity index (χ3n) is 2.48. The van der Waals surface area contributed by atoms with Gasteiger partial charge in [0.1, 0.15) is 4.21 Å². The normalized spacial score (nSPS) is 11.4. The second-order valence-corrected chi connectivity index (χ2v) is 9.22. The van der Waals surface area contributed by atoms with Gasteiger partial charge in [0.2, 0.25) is 0 Å². The molecule has 2 aromatic rings. The molecule has 1 aromatic carbocycles. The molecule has 0 fully saturated rings. The molecular weight excluding hydrogens is 421 g/mol. The highest BCUT2D eigenvalue weighted by Crippen LogP contribution is 2.25. The Bertz CT molecular complexity index is 790. The third-order valence-corrected chi connectivity index (χ3v) is 6.55. The van der Waals surface area contributed by atoms with Gasteiger partial charge in [-0.2, -0.15) is 0 Å². The molecule has 0 unspecified atom stereocenters. The molecule has 1 N–H and O–H groups in total. The van der Waals surface area contributed by atoms with Crippen molar-refractivity contribution in [3.8, 4) is 0 Å². The molecular formula is C12H8BrCl2NO3S2. The molecule has 0 atom stereocenters. The molecule has 9 heteroatoms. The third kappa shape index (κ3) is 4.43. The summed E-state index contributed by atoms with van der Waals surface area (Å²) in [4.78, 5) is 12.7. The molecule has 1 heterocycles. The number of benzene rings is 1. The number of rotatable bonds is 4. The van der Waals surface area contributed by atoms with E-state index in [1.54, 1.807) is 24.3 Å². The van der Waals surface area contributed by atoms with Crippen LogP contribution < -0.4 is 5.32 Å². The van der Waals surface area contributed by atoms with Gasteiger partial charge in [-0.05, 0) is 46.3 Å². The first-order valence-electron chi connectivity index (χ1n) is 5.54. The molecule has 1 aromatic heterocycles. The summed E-state index contributed by atoms with van der Waals surface area (Å²) in [5.74, 6) is -0.290. The van der Waals surface area contributed by atoms with Gasteiger partial charge in [0.25, 0.3) is 15.0 Å². The standard InChI is InChI=1S/C12H8BrCl2NO3S2/c13-10-5-7(14)1-3-9(10)12(17)16-6-8-2-4-11(20-8)21(15,18)19/h1-5H,6H2,(H,16,17). The maximum absolute atomic E-state index is 12.0. The summed E-state index contributed by atoms with van der Waals surface area (Å²) in [5, 5.41) is 3.22. The Morgan fingerprint density at radius 2 is 2.00 bits per heavy atom. The Morgan fingerprint density at radius 1 is 1.29 bits per heavy atom. The van der Waals surface area contributed by atoms with Gasteiger partial charge in [-0.1, -0.05) is 11.6 Å². The first kappa shape index (κ1) is 16.8. The number of nitrogens with one attached hydrogen (secondary N) is 1. The maximum Gasteiger partial charge on any atom is 0.270 e. The quantitative estimate of drug-likeness (QED) is 0.748. The van der Waals surface area contributed by atoms with Crippen LogP contribution in [0, 0.1) is 0 Å². The zero-order valence-electron chi connectivity index (χ0n) is 10.3. The smallest absolute Gasteiger partial charge is 0.270 e. The minimum Gasteiger partial charge on any atom is -0.347 e. The highest BCUT2D eigenvalue weighted by Gasteiger charge is 2.14. The molecule has 0 aliphatic rings. The van der Waals surface area contributed by atoms with Crippen LogP contribution in [-0.2, 0) is 15.6 Å². The lowest BCUT2D eigenvalue weighted by Crippen LogP contribution is -2.22. The van der Waals surface area contributed by atoms with Gasteiger partial charge in [-0.25, -0.2) is 8.42 Å². The van der Waals surface area contributed by atoms with E-state index in [1.807, 2.05) is 0 Å². The van der Waals surface area contributed by atoms with E-state index in [4.69, 9.17) is 22.3 Å². The van der Waals surface area contributed by atoms with Crippen molar-refractivity contribution < 1.29 is 13.2 Å². The minimum atomic E-state index is -3.73. The van der Waals surface area contributed by atoms with Crippen molar-refractivity contribution in [1.82, 2.24) is 5.32 Å². The monoisotopic (exact) mass is 427 g/mol. The van der Waals surface area contributed by atoms with Gasteiger partial charge in [0.05, 0.1) is 12.1 Å². The van der Waals surface area contributed by atoms with Crippen LogP contribution in [0.5, 0.6) is 0 Å². The lowest BCUT2D eigenvalue weighted by atomic mass is 10.2. The predicted octanol–water partition coefficient (Wildman–Crippen LogP) is 4.02. The number of carbonyl (C=O) groups is 1. The summed E-state index contributed by atoms with van der Waals surface area (Å²) in [6.07, 6.45) is 0. The van der Waals surface area contributed by atoms with Crippen molar-refractivity contribution in [1.29, 1.82) is 0 Å². The van der Waals surface area contributed by atoms with Crippen molar-refractivity contribution in [3.63, 3.8) is 0 Å². The van der Waals surface area contributed by atoms with E-state index < -0.39 is 9.05 Å². The Hall–Kier alpha value is -0.600. The number of carbonyl (C=O) groups excluding carboxylic acids is 1. The van der Waals surface area contributed by atoms with Gasteiger partial charge in [-0.3, -0.25) is 4.79 Å². The molecule has 112 valence electrons. The van der Waals surface area contributed by atoms with Gasteiger partial charge < -0.3 is 5.32 Å². The van der Waals surface area contributed by atoms with Crippen LogP contribution >= 0.6 is 49.6 Å². The van der Waals surface area contributed by atoms with Crippen molar-refractivity contribution in [2.75, 3.05) is 0 Å². The van der Waals surface area contributed by atoms with Crippen molar-refractivity contribution in [2.45, 2.75) is 10.8 Å². The zero-order valence-corrected chi connectivity index (χ0v) is 15.0. The Kier molecular flexibility index (Phi) is 5.32. The SMILES string of the molecule is O=C(NCc1ccc(S(=O)(=O)Cl)s1)c1ccc(Cl)cc1Br. The zero-order chi connectivity index (χ0) is 15.6. The van der Waals surface area contributed by atoms with Crippen molar-refractivity contribution in [3.05, 3.63) is 50.3 Å². The van der Waals surface area contributed by atoms with Gasteiger partial charge in [-0.15, -0.1) is 11.3 Å². The van der Waals surface area contributed by atoms with Crippen LogP contribution in [0.1, 0.15) is 15.2 Å². The van der Waals surface area contributed by atoms with Gasteiger partial charge in [0, 0.05) is 25.1 Å². The van der Waals surface area contributed by atoms with E-state index in [9.17, 15) is 13.2 Å². The molecule has 0 saturated carbocycles. The summed E-state index contributed by atoms with van der Waals surface area (Å²) in [6.45, 7) is 0.213.